The fraction of sp³-hybridized carbons (Fsp3) is 0.955. The third-order valence-electron chi connectivity index (χ3n) is 4.94. The number of hydrogen-bond donors (Lipinski definition) is 0. The minimum absolute atomic E-state index is 0.111. The molecular formula is C22H47NO2. The zero-order valence-electron chi connectivity index (χ0n) is 18.1. The van der Waals surface area contributed by atoms with Gasteiger partial charge in [-0.3, -0.25) is 0 Å². The van der Waals surface area contributed by atoms with E-state index in [0.29, 0.717) is 0 Å². The average Bonchev–Trinajstić information content (AvgIpc) is 2.60. The first-order chi connectivity index (χ1) is 12.0. The van der Waals surface area contributed by atoms with Gasteiger partial charge in [0.05, 0.1) is 26.7 Å². The number of nitrogens with zero attached hydrogens (tertiary/aromatic N) is 1. The SMILES string of the molecule is CCC(=O)[O-].CCCCCC[N+](C)(CCCCCC)CCCCCC. The van der Waals surface area contributed by atoms with E-state index >= 15 is 0 Å². The highest BCUT2D eigenvalue weighted by Gasteiger charge is 2.19. The summed E-state index contributed by atoms with van der Waals surface area (Å²) in [5.41, 5.74) is 0. The molecule has 0 bridgehead atoms. The normalized spacial score (nSPS) is 11.1. The second-order valence-electron chi connectivity index (χ2n) is 7.70. The standard InChI is InChI=1S/C19H42N.C3H6O2/c1-5-8-11-14-17-20(4,18-15-12-9-6-2)19-16-13-10-7-3;1-2-3(4)5/h5-19H2,1-4H3;2H2,1H3,(H,4,5)/q+1;/p-1. The summed E-state index contributed by atoms with van der Waals surface area (Å²) in [5, 5.41) is 9.26. The van der Waals surface area contributed by atoms with Crippen LogP contribution in [0.4, 0.5) is 0 Å². The van der Waals surface area contributed by atoms with Crippen molar-refractivity contribution in [1.82, 2.24) is 0 Å². The van der Waals surface area contributed by atoms with Gasteiger partial charge >= 0.3 is 0 Å². The molecule has 0 aliphatic rings. The molecule has 3 nitrogen and oxygen atoms in total. The van der Waals surface area contributed by atoms with Crippen LogP contribution in [0.5, 0.6) is 0 Å². The van der Waals surface area contributed by atoms with E-state index in [1.807, 2.05) is 0 Å². The zero-order valence-corrected chi connectivity index (χ0v) is 18.1. The molecule has 0 aliphatic heterocycles. The lowest BCUT2D eigenvalue weighted by Crippen LogP contribution is -2.46. The molecule has 0 unspecified atom stereocenters. The van der Waals surface area contributed by atoms with E-state index in [2.05, 4.69) is 27.8 Å². The number of rotatable bonds is 16. The van der Waals surface area contributed by atoms with E-state index in [-0.39, 0.29) is 6.42 Å². The Balaban J connectivity index is 0. The van der Waals surface area contributed by atoms with Crippen LogP contribution in [0.15, 0.2) is 0 Å². The first-order valence-electron chi connectivity index (χ1n) is 11.0. The van der Waals surface area contributed by atoms with E-state index in [1.165, 1.54) is 108 Å². The molecule has 0 rings (SSSR count). The maximum Gasteiger partial charge on any atom is 0.0784 e. The predicted molar refractivity (Wildman–Crippen MR) is 109 cm³/mol. The Hall–Kier alpha value is -0.570. The van der Waals surface area contributed by atoms with E-state index in [0.717, 1.165) is 0 Å². The third-order valence-corrected chi connectivity index (χ3v) is 4.94. The van der Waals surface area contributed by atoms with Crippen LogP contribution in [0, 0.1) is 0 Å². The van der Waals surface area contributed by atoms with E-state index in [9.17, 15) is 9.90 Å². The van der Waals surface area contributed by atoms with Crippen LogP contribution in [0.2, 0.25) is 0 Å². The summed E-state index contributed by atoms with van der Waals surface area (Å²) in [6.45, 7) is 12.7. The fourth-order valence-corrected chi connectivity index (χ4v) is 3.10. The summed E-state index contributed by atoms with van der Waals surface area (Å²) in [6.07, 6.45) is 17.1. The van der Waals surface area contributed by atoms with Crippen LogP contribution in [0.25, 0.3) is 0 Å². The topological polar surface area (TPSA) is 40.1 Å². The van der Waals surface area contributed by atoms with Gasteiger partial charge in [-0.2, -0.15) is 0 Å². The van der Waals surface area contributed by atoms with Gasteiger partial charge in [-0.05, 0) is 44.9 Å². The van der Waals surface area contributed by atoms with Crippen molar-refractivity contribution in [3.8, 4) is 0 Å². The summed E-state index contributed by atoms with van der Waals surface area (Å²) in [4.78, 5) is 9.26. The highest BCUT2D eigenvalue weighted by molar-refractivity contribution is 5.63. The highest BCUT2D eigenvalue weighted by atomic mass is 16.4. The van der Waals surface area contributed by atoms with Crippen molar-refractivity contribution in [1.29, 1.82) is 0 Å². The molecule has 0 atom stereocenters. The summed E-state index contributed by atoms with van der Waals surface area (Å²) < 4.78 is 1.34. The molecule has 0 amide bonds. The first-order valence-corrected chi connectivity index (χ1v) is 11.0. The van der Waals surface area contributed by atoms with Crippen molar-refractivity contribution < 1.29 is 14.4 Å². The van der Waals surface area contributed by atoms with Gasteiger partial charge in [0.25, 0.3) is 0 Å². The smallest absolute Gasteiger partial charge is 0.0784 e. The molecule has 0 fully saturated rings. The second-order valence-corrected chi connectivity index (χ2v) is 7.70. The number of hydrogen-bond acceptors (Lipinski definition) is 2. The number of aliphatic carboxylic acids is 1. The Morgan fingerprint density at radius 1 is 0.640 bits per heavy atom. The highest BCUT2D eigenvalue weighted by Crippen LogP contribution is 2.14. The van der Waals surface area contributed by atoms with Crippen LogP contribution in [0.3, 0.4) is 0 Å². The Labute approximate surface area is 158 Å². The van der Waals surface area contributed by atoms with Gasteiger partial charge < -0.3 is 14.4 Å². The van der Waals surface area contributed by atoms with Crippen LogP contribution >= 0.6 is 0 Å². The molecule has 0 aliphatic carbocycles. The van der Waals surface area contributed by atoms with Crippen molar-refractivity contribution in [3.05, 3.63) is 0 Å². The summed E-state index contributed by atoms with van der Waals surface area (Å²) >= 11 is 0. The second kappa shape index (κ2) is 19.8. The molecule has 0 saturated heterocycles. The molecule has 0 aromatic carbocycles. The number of carbonyl (C=O) groups is 1. The lowest BCUT2D eigenvalue weighted by Gasteiger charge is -2.35. The number of unbranched alkanes of at least 4 members (excludes halogenated alkanes) is 9. The molecule has 0 heterocycles. The molecule has 25 heavy (non-hydrogen) atoms. The first kappa shape index (κ1) is 26.7. The largest absolute Gasteiger partial charge is 0.550 e. The number of carboxylic acid groups (broad SMARTS) is 1. The number of carboxylic acids is 1. The third kappa shape index (κ3) is 21.4. The van der Waals surface area contributed by atoms with Crippen molar-refractivity contribution in [3.63, 3.8) is 0 Å². The number of quaternary nitrogens is 1. The molecule has 0 radical (unpaired) electrons. The lowest BCUT2D eigenvalue weighted by molar-refractivity contribution is -0.910. The van der Waals surface area contributed by atoms with Crippen LogP contribution in [-0.2, 0) is 4.79 Å². The van der Waals surface area contributed by atoms with E-state index in [1.54, 1.807) is 0 Å². The van der Waals surface area contributed by atoms with Gasteiger partial charge in [0.15, 0.2) is 0 Å². The quantitative estimate of drug-likeness (QED) is 0.277. The van der Waals surface area contributed by atoms with Gasteiger partial charge in [-0.25, -0.2) is 0 Å². The summed E-state index contributed by atoms with van der Waals surface area (Å²) in [6, 6.07) is 0. The van der Waals surface area contributed by atoms with Crippen molar-refractivity contribution in [2.45, 2.75) is 111 Å². The molecule has 0 saturated carbocycles. The lowest BCUT2D eigenvalue weighted by atomic mass is 10.1. The molecule has 0 aromatic heterocycles. The van der Waals surface area contributed by atoms with Crippen LogP contribution in [-0.4, -0.2) is 37.1 Å². The van der Waals surface area contributed by atoms with Gasteiger partial charge in [0.2, 0.25) is 0 Å². The average molecular weight is 358 g/mol. The maximum absolute atomic E-state index is 9.26. The zero-order chi connectivity index (χ0) is 19.4. The summed E-state index contributed by atoms with van der Waals surface area (Å²) in [7, 11) is 2.52. The van der Waals surface area contributed by atoms with Crippen molar-refractivity contribution in [2.75, 3.05) is 26.7 Å². The van der Waals surface area contributed by atoms with Crippen molar-refractivity contribution in [2.24, 2.45) is 0 Å². The Morgan fingerprint density at radius 3 is 1.12 bits per heavy atom. The Bertz CT molecular complexity index is 248. The van der Waals surface area contributed by atoms with E-state index in [4.69, 9.17) is 0 Å². The number of carbonyl (C=O) groups excluding carboxylic acids is 1. The molecule has 152 valence electrons. The van der Waals surface area contributed by atoms with Crippen LogP contribution < -0.4 is 5.11 Å². The van der Waals surface area contributed by atoms with Gasteiger partial charge in [0.1, 0.15) is 0 Å². The van der Waals surface area contributed by atoms with Gasteiger partial charge in [0, 0.05) is 5.97 Å². The van der Waals surface area contributed by atoms with Crippen LogP contribution in [0.1, 0.15) is 111 Å². The van der Waals surface area contributed by atoms with Crippen molar-refractivity contribution >= 4 is 5.97 Å². The predicted octanol–water partition coefficient (Wildman–Crippen LogP) is 5.32. The molecular weight excluding hydrogens is 310 g/mol. The minimum Gasteiger partial charge on any atom is -0.550 e. The maximum atomic E-state index is 9.26. The summed E-state index contributed by atoms with van der Waals surface area (Å²) in [5.74, 6) is -0.995. The monoisotopic (exact) mass is 357 g/mol. The van der Waals surface area contributed by atoms with Gasteiger partial charge in [-0.1, -0.05) is 66.2 Å². The minimum atomic E-state index is -0.995. The fourth-order valence-electron chi connectivity index (χ4n) is 3.10. The van der Waals surface area contributed by atoms with Gasteiger partial charge in [-0.15, -0.1) is 0 Å². The van der Waals surface area contributed by atoms with E-state index < -0.39 is 5.97 Å². The molecule has 0 N–H and O–H groups in total. The Morgan fingerprint density at radius 2 is 0.920 bits per heavy atom. The Kier molecular flexibility index (Phi) is 21.1. The molecule has 0 spiro atoms. The molecule has 3 heteroatoms. The molecule has 0 aromatic rings.